The van der Waals surface area contributed by atoms with Crippen molar-refractivity contribution in [3.63, 3.8) is 0 Å². The average Bonchev–Trinajstić information content (AvgIpc) is 3.01. The Hall–Kier alpha value is -3.42. The minimum absolute atomic E-state index is 0.260. The Morgan fingerprint density at radius 2 is 1.76 bits per heavy atom. The summed E-state index contributed by atoms with van der Waals surface area (Å²) in [6.07, 6.45) is 0. The third-order valence-electron chi connectivity index (χ3n) is 3.57. The maximum atomic E-state index is 5.98. The molecule has 0 spiro atoms. The maximum Gasteiger partial charge on any atom is 0.248 e. The standard InChI is InChI=1S/C17H19N5O3/c1-23-13-6-4-5-12(10-13)22-16(18)20-17(21-22)19-11-7-8-14(24-2)15(9-11)25-3/h4-10H,1-3H3,(H3,18,19,20,21). The lowest BCUT2D eigenvalue weighted by atomic mass is 10.3. The lowest BCUT2D eigenvalue weighted by molar-refractivity contribution is 0.355. The van der Waals surface area contributed by atoms with Crippen molar-refractivity contribution >= 4 is 17.6 Å². The quantitative estimate of drug-likeness (QED) is 0.711. The molecule has 3 N–H and O–H groups in total. The van der Waals surface area contributed by atoms with Gasteiger partial charge in [0.25, 0.3) is 0 Å². The van der Waals surface area contributed by atoms with Crippen molar-refractivity contribution in [3.05, 3.63) is 42.5 Å². The molecule has 0 radical (unpaired) electrons. The molecule has 1 aromatic heterocycles. The van der Waals surface area contributed by atoms with Crippen LogP contribution in [0.5, 0.6) is 17.2 Å². The lowest BCUT2D eigenvalue weighted by Gasteiger charge is -2.09. The Balaban J connectivity index is 1.87. The van der Waals surface area contributed by atoms with Gasteiger partial charge in [-0.1, -0.05) is 6.07 Å². The van der Waals surface area contributed by atoms with Crippen LogP contribution in [-0.2, 0) is 0 Å². The topological polar surface area (TPSA) is 96.5 Å². The molecule has 25 heavy (non-hydrogen) atoms. The van der Waals surface area contributed by atoms with E-state index in [-0.39, 0.29) is 5.95 Å². The minimum atomic E-state index is 0.260. The van der Waals surface area contributed by atoms with Crippen molar-refractivity contribution in [2.45, 2.75) is 0 Å². The van der Waals surface area contributed by atoms with Crippen LogP contribution in [0.2, 0.25) is 0 Å². The first-order chi connectivity index (χ1) is 12.1. The van der Waals surface area contributed by atoms with Gasteiger partial charge in [0, 0.05) is 17.8 Å². The van der Waals surface area contributed by atoms with Crippen LogP contribution in [0.4, 0.5) is 17.6 Å². The third kappa shape index (κ3) is 3.42. The summed E-state index contributed by atoms with van der Waals surface area (Å²) in [5, 5.41) is 7.49. The molecular formula is C17H19N5O3. The predicted octanol–water partition coefficient (Wildman–Crippen LogP) is 2.62. The highest BCUT2D eigenvalue weighted by molar-refractivity contribution is 5.60. The molecule has 3 rings (SSSR count). The second kappa shape index (κ2) is 7.00. The fourth-order valence-corrected chi connectivity index (χ4v) is 2.35. The van der Waals surface area contributed by atoms with Gasteiger partial charge in [0.1, 0.15) is 5.75 Å². The second-order valence-corrected chi connectivity index (χ2v) is 5.10. The van der Waals surface area contributed by atoms with E-state index in [1.165, 1.54) is 4.68 Å². The van der Waals surface area contributed by atoms with E-state index in [9.17, 15) is 0 Å². The molecule has 8 heteroatoms. The van der Waals surface area contributed by atoms with Gasteiger partial charge in [-0.05, 0) is 24.3 Å². The van der Waals surface area contributed by atoms with Crippen molar-refractivity contribution in [2.24, 2.45) is 0 Å². The zero-order valence-corrected chi connectivity index (χ0v) is 14.2. The molecule has 0 aliphatic rings. The molecule has 0 atom stereocenters. The number of benzene rings is 2. The average molecular weight is 341 g/mol. The van der Waals surface area contributed by atoms with Gasteiger partial charge in [0.05, 0.1) is 27.0 Å². The number of nitrogen functional groups attached to an aromatic ring is 1. The van der Waals surface area contributed by atoms with E-state index >= 15 is 0 Å². The number of hydrogen-bond acceptors (Lipinski definition) is 7. The van der Waals surface area contributed by atoms with Crippen LogP contribution in [0.3, 0.4) is 0 Å². The summed E-state index contributed by atoms with van der Waals surface area (Å²) in [6, 6.07) is 12.8. The van der Waals surface area contributed by atoms with Crippen molar-refractivity contribution in [1.29, 1.82) is 0 Å². The summed E-state index contributed by atoms with van der Waals surface area (Å²) in [4.78, 5) is 4.24. The molecule has 130 valence electrons. The van der Waals surface area contributed by atoms with Gasteiger partial charge in [-0.15, -0.1) is 5.10 Å². The largest absolute Gasteiger partial charge is 0.497 e. The number of anilines is 3. The molecule has 0 saturated carbocycles. The molecule has 3 aromatic rings. The molecule has 0 unspecified atom stereocenters. The van der Waals surface area contributed by atoms with Gasteiger partial charge in [-0.3, -0.25) is 0 Å². The van der Waals surface area contributed by atoms with Crippen LogP contribution < -0.4 is 25.3 Å². The highest BCUT2D eigenvalue weighted by Gasteiger charge is 2.11. The number of hydrogen-bond donors (Lipinski definition) is 2. The number of rotatable bonds is 6. The zero-order chi connectivity index (χ0) is 17.8. The number of nitrogens with zero attached hydrogens (tertiary/aromatic N) is 3. The predicted molar refractivity (Wildman–Crippen MR) is 95.2 cm³/mol. The van der Waals surface area contributed by atoms with Crippen LogP contribution in [-0.4, -0.2) is 36.1 Å². The molecule has 0 bridgehead atoms. The fraction of sp³-hybridized carbons (Fsp3) is 0.176. The number of aromatic nitrogens is 3. The molecule has 0 aliphatic carbocycles. The summed E-state index contributed by atoms with van der Waals surface area (Å²) in [7, 11) is 4.77. The van der Waals surface area contributed by atoms with E-state index in [4.69, 9.17) is 19.9 Å². The third-order valence-corrected chi connectivity index (χ3v) is 3.57. The van der Waals surface area contributed by atoms with E-state index in [0.29, 0.717) is 23.2 Å². The summed E-state index contributed by atoms with van der Waals surface area (Å²) >= 11 is 0. The summed E-state index contributed by atoms with van der Waals surface area (Å²) < 4.78 is 17.3. The van der Waals surface area contributed by atoms with Crippen LogP contribution >= 0.6 is 0 Å². The first-order valence-corrected chi connectivity index (χ1v) is 7.50. The van der Waals surface area contributed by atoms with Gasteiger partial charge in [-0.2, -0.15) is 9.67 Å². The molecule has 0 amide bonds. The Labute approximate surface area is 145 Å². The lowest BCUT2D eigenvalue weighted by Crippen LogP contribution is -2.02. The summed E-state index contributed by atoms with van der Waals surface area (Å²) in [5.74, 6) is 2.58. The van der Waals surface area contributed by atoms with Crippen LogP contribution in [0, 0.1) is 0 Å². The molecular weight excluding hydrogens is 322 g/mol. The van der Waals surface area contributed by atoms with Crippen molar-refractivity contribution in [3.8, 4) is 22.9 Å². The number of nitrogens with two attached hydrogens (primary N) is 1. The van der Waals surface area contributed by atoms with Gasteiger partial charge < -0.3 is 25.3 Å². The Morgan fingerprint density at radius 1 is 0.960 bits per heavy atom. The SMILES string of the molecule is COc1cccc(-n2nc(Nc3ccc(OC)c(OC)c3)nc2N)c1. The Morgan fingerprint density at radius 3 is 2.48 bits per heavy atom. The van der Waals surface area contributed by atoms with Gasteiger partial charge in [-0.25, -0.2) is 0 Å². The van der Waals surface area contributed by atoms with Crippen LogP contribution in [0.15, 0.2) is 42.5 Å². The normalized spacial score (nSPS) is 10.4. The number of nitrogens with one attached hydrogen (secondary N) is 1. The van der Waals surface area contributed by atoms with E-state index in [0.717, 1.165) is 11.4 Å². The monoisotopic (exact) mass is 341 g/mol. The van der Waals surface area contributed by atoms with E-state index in [1.54, 1.807) is 33.5 Å². The molecule has 0 aliphatic heterocycles. The molecule has 0 saturated heterocycles. The first kappa shape index (κ1) is 16.4. The zero-order valence-electron chi connectivity index (χ0n) is 14.2. The second-order valence-electron chi connectivity index (χ2n) is 5.10. The van der Waals surface area contributed by atoms with Crippen LogP contribution in [0.25, 0.3) is 5.69 Å². The number of ether oxygens (including phenoxy) is 3. The summed E-state index contributed by atoms with van der Waals surface area (Å²) in [5.41, 5.74) is 7.49. The smallest absolute Gasteiger partial charge is 0.248 e. The Bertz CT molecular complexity index is 878. The molecule has 2 aromatic carbocycles. The van der Waals surface area contributed by atoms with Crippen molar-refractivity contribution in [1.82, 2.24) is 14.8 Å². The van der Waals surface area contributed by atoms with Crippen LogP contribution in [0.1, 0.15) is 0 Å². The van der Waals surface area contributed by atoms with Gasteiger partial charge in [0.2, 0.25) is 11.9 Å². The number of methoxy groups -OCH3 is 3. The van der Waals surface area contributed by atoms with Gasteiger partial charge in [0.15, 0.2) is 11.5 Å². The molecule has 0 fully saturated rings. The maximum absolute atomic E-state index is 5.98. The molecule has 1 heterocycles. The van der Waals surface area contributed by atoms with Crippen molar-refractivity contribution in [2.75, 3.05) is 32.4 Å². The summed E-state index contributed by atoms with van der Waals surface area (Å²) in [6.45, 7) is 0. The van der Waals surface area contributed by atoms with E-state index in [2.05, 4.69) is 15.4 Å². The highest BCUT2D eigenvalue weighted by atomic mass is 16.5. The minimum Gasteiger partial charge on any atom is -0.497 e. The fourth-order valence-electron chi connectivity index (χ4n) is 2.35. The molecule has 8 nitrogen and oxygen atoms in total. The Kier molecular flexibility index (Phi) is 4.60. The van der Waals surface area contributed by atoms with E-state index in [1.807, 2.05) is 30.3 Å². The van der Waals surface area contributed by atoms with Gasteiger partial charge >= 0.3 is 0 Å². The highest BCUT2D eigenvalue weighted by Crippen LogP contribution is 2.31. The van der Waals surface area contributed by atoms with E-state index < -0.39 is 0 Å². The first-order valence-electron chi connectivity index (χ1n) is 7.50. The van der Waals surface area contributed by atoms with Crippen molar-refractivity contribution < 1.29 is 14.2 Å².